The minimum Gasteiger partial charge on any atom is -0.316 e. The molecule has 0 saturated carbocycles. The summed E-state index contributed by atoms with van der Waals surface area (Å²) in [5.41, 5.74) is 2.52. The van der Waals surface area contributed by atoms with Gasteiger partial charge in [-0.15, -0.1) is 0 Å². The van der Waals surface area contributed by atoms with E-state index in [4.69, 9.17) is 0 Å². The average Bonchev–Trinajstić information content (AvgIpc) is 2.67. The second-order valence-electron chi connectivity index (χ2n) is 4.94. The first-order valence-corrected chi connectivity index (χ1v) is 6.91. The second kappa shape index (κ2) is 7.49. The molecule has 0 saturated heterocycles. The maximum absolute atomic E-state index is 4.48. The van der Waals surface area contributed by atoms with Crippen molar-refractivity contribution in [2.75, 3.05) is 13.1 Å². The van der Waals surface area contributed by atoms with E-state index in [9.17, 15) is 0 Å². The maximum atomic E-state index is 4.48. The van der Waals surface area contributed by atoms with Crippen molar-refractivity contribution in [2.24, 2.45) is 5.92 Å². The quantitative estimate of drug-likeness (QED) is 0.705. The molecule has 0 spiro atoms. The lowest BCUT2D eigenvalue weighted by Crippen LogP contribution is -2.22. The Morgan fingerprint density at radius 1 is 1.41 bits per heavy atom. The van der Waals surface area contributed by atoms with Crippen LogP contribution in [0.2, 0.25) is 0 Å². The van der Waals surface area contributed by atoms with Crippen molar-refractivity contribution in [3.8, 4) is 0 Å². The molecule has 1 N–H and O–H groups in total. The monoisotopic (exact) mass is 237 g/mol. The van der Waals surface area contributed by atoms with Crippen LogP contribution in [0.1, 0.15) is 45.0 Å². The van der Waals surface area contributed by atoms with Crippen LogP contribution in [0.15, 0.2) is 6.07 Å². The zero-order valence-electron chi connectivity index (χ0n) is 11.8. The number of hydrogen-bond acceptors (Lipinski definition) is 2. The molecule has 1 aromatic heterocycles. The summed E-state index contributed by atoms with van der Waals surface area (Å²) < 4.78 is 2.13. The molecule has 0 aliphatic heterocycles. The topological polar surface area (TPSA) is 29.9 Å². The van der Waals surface area contributed by atoms with E-state index in [-0.39, 0.29) is 0 Å². The summed E-state index contributed by atoms with van der Waals surface area (Å²) in [6.07, 6.45) is 3.60. The number of rotatable bonds is 8. The Morgan fingerprint density at radius 2 is 2.18 bits per heavy atom. The number of nitrogens with one attached hydrogen (secondary N) is 1. The van der Waals surface area contributed by atoms with E-state index in [1.54, 1.807) is 0 Å². The lowest BCUT2D eigenvalue weighted by atomic mass is 10.0. The fourth-order valence-electron chi connectivity index (χ4n) is 2.10. The van der Waals surface area contributed by atoms with Gasteiger partial charge < -0.3 is 5.32 Å². The van der Waals surface area contributed by atoms with Crippen LogP contribution in [0.5, 0.6) is 0 Å². The smallest absolute Gasteiger partial charge is 0.0596 e. The Balaban J connectivity index is 2.33. The van der Waals surface area contributed by atoms with Gasteiger partial charge in [-0.25, -0.2) is 0 Å². The van der Waals surface area contributed by atoms with Crippen molar-refractivity contribution in [3.63, 3.8) is 0 Å². The number of hydrogen-bond donors (Lipinski definition) is 1. The highest BCUT2D eigenvalue weighted by atomic mass is 15.3. The van der Waals surface area contributed by atoms with E-state index in [1.807, 2.05) is 0 Å². The zero-order valence-corrected chi connectivity index (χ0v) is 11.8. The molecule has 1 rings (SSSR count). The van der Waals surface area contributed by atoms with Crippen molar-refractivity contribution in [3.05, 3.63) is 17.5 Å². The molecule has 0 aliphatic carbocycles. The van der Waals surface area contributed by atoms with Crippen LogP contribution in [0.25, 0.3) is 0 Å². The van der Waals surface area contributed by atoms with E-state index in [2.05, 4.69) is 48.9 Å². The van der Waals surface area contributed by atoms with Gasteiger partial charge in [-0.2, -0.15) is 5.10 Å². The van der Waals surface area contributed by atoms with E-state index in [0.29, 0.717) is 0 Å². The van der Waals surface area contributed by atoms with Gasteiger partial charge in [0.25, 0.3) is 0 Å². The summed E-state index contributed by atoms with van der Waals surface area (Å²) in [7, 11) is 0. The van der Waals surface area contributed by atoms with E-state index < -0.39 is 0 Å². The molecule has 0 fully saturated rings. The lowest BCUT2D eigenvalue weighted by molar-refractivity contribution is 0.471. The Kier molecular flexibility index (Phi) is 6.27. The summed E-state index contributed by atoms with van der Waals surface area (Å²) in [5, 5.41) is 7.97. The normalized spacial score (nSPS) is 12.9. The largest absolute Gasteiger partial charge is 0.316 e. The summed E-state index contributed by atoms with van der Waals surface area (Å²) in [6.45, 7) is 12.0. The molecule has 0 radical (unpaired) electrons. The fraction of sp³-hybridized carbons (Fsp3) is 0.786. The third-order valence-corrected chi connectivity index (χ3v) is 3.10. The van der Waals surface area contributed by atoms with Crippen LogP contribution in [0.3, 0.4) is 0 Å². The molecule has 0 amide bonds. The third kappa shape index (κ3) is 4.90. The minimum absolute atomic E-state index is 0.738. The van der Waals surface area contributed by atoms with Gasteiger partial charge in [0.05, 0.1) is 5.69 Å². The van der Waals surface area contributed by atoms with Crippen molar-refractivity contribution < 1.29 is 0 Å². The molecule has 1 atom stereocenters. The summed E-state index contributed by atoms with van der Waals surface area (Å²) in [4.78, 5) is 0. The van der Waals surface area contributed by atoms with Crippen LogP contribution >= 0.6 is 0 Å². The molecule has 0 bridgehead atoms. The zero-order chi connectivity index (χ0) is 12.7. The molecular formula is C14H27N3. The van der Waals surface area contributed by atoms with Gasteiger partial charge in [0.1, 0.15) is 0 Å². The Hall–Kier alpha value is -0.830. The third-order valence-electron chi connectivity index (χ3n) is 3.10. The number of nitrogens with zero attached hydrogens (tertiary/aromatic N) is 2. The molecule has 3 heteroatoms. The Labute approximate surface area is 106 Å². The average molecular weight is 237 g/mol. The first-order valence-electron chi connectivity index (χ1n) is 6.91. The van der Waals surface area contributed by atoms with Crippen LogP contribution in [-0.4, -0.2) is 22.9 Å². The van der Waals surface area contributed by atoms with Crippen molar-refractivity contribution in [2.45, 2.75) is 53.5 Å². The molecule has 98 valence electrons. The van der Waals surface area contributed by atoms with Gasteiger partial charge in [-0.3, -0.25) is 4.68 Å². The molecule has 1 unspecified atom stereocenters. The van der Waals surface area contributed by atoms with Gasteiger partial charge >= 0.3 is 0 Å². The fourth-order valence-corrected chi connectivity index (χ4v) is 2.10. The van der Waals surface area contributed by atoms with E-state index >= 15 is 0 Å². The van der Waals surface area contributed by atoms with Gasteiger partial charge in [-0.05, 0) is 58.2 Å². The standard InChI is InChI=1S/C14H27N3/c1-5-9-15-11-12(3)7-8-14-10-13(4)16-17(14)6-2/h10,12,15H,5-9,11H2,1-4H3. The highest BCUT2D eigenvalue weighted by molar-refractivity contribution is 5.09. The highest BCUT2D eigenvalue weighted by Gasteiger charge is 2.07. The summed E-state index contributed by atoms with van der Waals surface area (Å²) in [6, 6.07) is 2.22. The van der Waals surface area contributed by atoms with Crippen LogP contribution in [0.4, 0.5) is 0 Å². The molecule has 1 heterocycles. The van der Waals surface area contributed by atoms with Gasteiger partial charge in [0.2, 0.25) is 0 Å². The minimum atomic E-state index is 0.738. The van der Waals surface area contributed by atoms with E-state index in [1.165, 1.54) is 18.5 Å². The van der Waals surface area contributed by atoms with Crippen molar-refractivity contribution in [1.29, 1.82) is 0 Å². The first kappa shape index (κ1) is 14.2. The summed E-state index contributed by atoms with van der Waals surface area (Å²) >= 11 is 0. The first-order chi connectivity index (χ1) is 8.17. The predicted octanol–water partition coefficient (Wildman–Crippen LogP) is 2.78. The molecule has 0 aromatic carbocycles. The van der Waals surface area contributed by atoms with Gasteiger partial charge in [0, 0.05) is 12.2 Å². The molecular weight excluding hydrogens is 210 g/mol. The Morgan fingerprint density at radius 3 is 2.82 bits per heavy atom. The van der Waals surface area contributed by atoms with Crippen molar-refractivity contribution in [1.82, 2.24) is 15.1 Å². The molecule has 1 aromatic rings. The van der Waals surface area contributed by atoms with Gasteiger partial charge in [0.15, 0.2) is 0 Å². The van der Waals surface area contributed by atoms with E-state index in [0.717, 1.165) is 37.7 Å². The molecule has 3 nitrogen and oxygen atoms in total. The highest BCUT2D eigenvalue weighted by Crippen LogP contribution is 2.11. The van der Waals surface area contributed by atoms with Crippen LogP contribution in [-0.2, 0) is 13.0 Å². The predicted molar refractivity (Wildman–Crippen MR) is 73.3 cm³/mol. The van der Waals surface area contributed by atoms with Crippen LogP contribution < -0.4 is 5.32 Å². The number of aromatic nitrogens is 2. The summed E-state index contributed by atoms with van der Waals surface area (Å²) in [5.74, 6) is 0.738. The Bertz CT molecular complexity index is 317. The number of aryl methyl sites for hydroxylation is 3. The van der Waals surface area contributed by atoms with Crippen LogP contribution in [0, 0.1) is 12.8 Å². The van der Waals surface area contributed by atoms with Gasteiger partial charge in [-0.1, -0.05) is 13.8 Å². The maximum Gasteiger partial charge on any atom is 0.0596 e. The lowest BCUT2D eigenvalue weighted by Gasteiger charge is -2.12. The second-order valence-corrected chi connectivity index (χ2v) is 4.94. The van der Waals surface area contributed by atoms with Crippen molar-refractivity contribution >= 4 is 0 Å². The molecule has 17 heavy (non-hydrogen) atoms. The SMILES string of the molecule is CCCNCC(C)CCc1cc(C)nn1CC. The molecule has 0 aliphatic rings.